The number of hydrogen-bond acceptors (Lipinski definition) is 7. The number of carbonyl (C=O) groups is 1. The number of likely N-dealkylation sites (N-methyl/N-ethyl adjacent to an activating group) is 1. The number of anilines is 1. The Bertz CT molecular complexity index is 2130. The molecule has 3 N–H and O–H groups in total. The number of nitrogens with two attached hydrogens (primary N) is 1. The first kappa shape index (κ1) is 40.8. The van der Waals surface area contributed by atoms with Crippen LogP contribution in [0.25, 0.3) is 16.8 Å². The van der Waals surface area contributed by atoms with E-state index in [2.05, 4.69) is 32.5 Å². The first-order chi connectivity index (χ1) is 25.0. The second-order valence-corrected chi connectivity index (χ2v) is 13.2. The predicted molar refractivity (Wildman–Crippen MR) is 191 cm³/mol. The number of carbonyl (C=O) groups excluding carboxylic acids is 1. The zero-order valence-corrected chi connectivity index (χ0v) is 30.7. The lowest BCUT2D eigenvalue weighted by molar-refractivity contribution is -0.108. The molecule has 0 saturated heterocycles. The van der Waals surface area contributed by atoms with E-state index in [4.69, 9.17) is 22.3 Å². The predicted octanol–water partition coefficient (Wildman–Crippen LogP) is 8.29. The molecule has 16 heteroatoms. The second kappa shape index (κ2) is 16.8. The number of aldehydes is 1. The fraction of sp³-hybridized carbons (Fsp3) is 0.378. The van der Waals surface area contributed by atoms with Gasteiger partial charge in [-0.1, -0.05) is 31.4 Å². The van der Waals surface area contributed by atoms with Crippen LogP contribution in [0.5, 0.6) is 0 Å². The molecule has 0 aliphatic heterocycles. The second-order valence-electron chi connectivity index (χ2n) is 12.8. The summed E-state index contributed by atoms with van der Waals surface area (Å²) in [5.41, 5.74) is 8.14. The lowest BCUT2D eigenvalue weighted by Crippen LogP contribution is -2.21. The van der Waals surface area contributed by atoms with Crippen molar-refractivity contribution in [3.63, 3.8) is 0 Å². The van der Waals surface area contributed by atoms with Gasteiger partial charge in [0.05, 0.1) is 18.3 Å². The van der Waals surface area contributed by atoms with E-state index in [-0.39, 0.29) is 23.3 Å². The average molecular weight is 761 g/mol. The van der Waals surface area contributed by atoms with Crippen LogP contribution in [-0.2, 0) is 30.1 Å². The molecule has 1 aliphatic carbocycles. The number of benzene rings is 1. The van der Waals surface area contributed by atoms with E-state index in [9.17, 15) is 31.1 Å². The molecular formula is C37H39ClF6N8O. The van der Waals surface area contributed by atoms with Gasteiger partial charge in [0.15, 0.2) is 5.65 Å². The Kier molecular flexibility index (Phi) is 13.0. The summed E-state index contributed by atoms with van der Waals surface area (Å²) in [5, 5.41) is 15.1. The Labute approximate surface area is 308 Å². The molecule has 282 valence electrons. The molecule has 0 unspecified atom stereocenters. The molecular weight excluding hydrogens is 722 g/mol. The molecule has 4 heterocycles. The number of rotatable bonds is 8. The number of pyridine rings is 2. The number of aromatic nitrogens is 6. The molecule has 9 nitrogen and oxygen atoms in total. The summed E-state index contributed by atoms with van der Waals surface area (Å²) in [7, 11) is 1.77. The van der Waals surface area contributed by atoms with Gasteiger partial charge in [0, 0.05) is 34.6 Å². The van der Waals surface area contributed by atoms with Gasteiger partial charge < -0.3 is 15.8 Å². The van der Waals surface area contributed by atoms with Crippen molar-refractivity contribution in [2.24, 2.45) is 5.41 Å². The maximum atomic E-state index is 13.9. The van der Waals surface area contributed by atoms with E-state index in [0.717, 1.165) is 11.6 Å². The van der Waals surface area contributed by atoms with E-state index in [1.165, 1.54) is 12.1 Å². The summed E-state index contributed by atoms with van der Waals surface area (Å²) in [6.07, 6.45) is -2.87. The third-order valence-corrected chi connectivity index (χ3v) is 8.22. The Morgan fingerprint density at radius 3 is 2.30 bits per heavy atom. The lowest BCUT2D eigenvalue weighted by Gasteiger charge is -2.20. The van der Waals surface area contributed by atoms with Crippen LogP contribution in [0.1, 0.15) is 87.4 Å². The highest BCUT2D eigenvalue weighted by molar-refractivity contribution is 6.30. The lowest BCUT2D eigenvalue weighted by atomic mass is 9.95. The smallest absolute Gasteiger partial charge is 0.290 e. The van der Waals surface area contributed by atoms with Crippen molar-refractivity contribution >= 4 is 29.5 Å². The van der Waals surface area contributed by atoms with Crippen LogP contribution >= 0.6 is 11.6 Å². The maximum Gasteiger partial charge on any atom is 0.290 e. The summed E-state index contributed by atoms with van der Waals surface area (Å²) in [4.78, 5) is 15.1. The van der Waals surface area contributed by atoms with Gasteiger partial charge in [0.1, 0.15) is 40.2 Å². The van der Waals surface area contributed by atoms with Gasteiger partial charge in [-0.15, -0.1) is 10.2 Å². The van der Waals surface area contributed by atoms with Crippen molar-refractivity contribution in [1.29, 1.82) is 0 Å². The summed E-state index contributed by atoms with van der Waals surface area (Å²) in [6.45, 7) is 9.63. The van der Waals surface area contributed by atoms with Crippen molar-refractivity contribution in [3.8, 4) is 23.0 Å². The number of nitrogens with one attached hydrogen (secondary N) is 1. The Morgan fingerprint density at radius 2 is 1.70 bits per heavy atom. The van der Waals surface area contributed by atoms with Crippen molar-refractivity contribution in [1.82, 2.24) is 34.7 Å². The highest BCUT2D eigenvalue weighted by Crippen LogP contribution is 2.44. The van der Waals surface area contributed by atoms with Gasteiger partial charge in [-0.3, -0.25) is 9.08 Å². The molecule has 1 aliphatic rings. The average Bonchev–Trinajstić information content (AvgIpc) is 3.77. The van der Waals surface area contributed by atoms with Gasteiger partial charge in [-0.25, -0.2) is 22.5 Å². The first-order valence-electron chi connectivity index (χ1n) is 16.7. The third-order valence-electron chi connectivity index (χ3n) is 7.92. The first-order valence-corrected chi connectivity index (χ1v) is 17.1. The molecule has 0 amide bonds. The fourth-order valence-electron chi connectivity index (χ4n) is 5.73. The number of fused-ring (bicyclic) bond motifs is 2. The maximum absolute atomic E-state index is 13.9. The SMILES string of the molecule is CC.CN[C@@H](Cc1cc(F)cc(F)c1)c1nc(C#CC(C)(C)C)ccc1-c1ccc(Cl)n2c(N)nnc12.O=CCn1nc(C(F)F)c2c1C(F)(F)CC2. The van der Waals surface area contributed by atoms with Gasteiger partial charge in [0.25, 0.3) is 12.3 Å². The molecule has 0 saturated carbocycles. The summed E-state index contributed by atoms with van der Waals surface area (Å²) in [5.74, 6) is 2.05. The zero-order chi connectivity index (χ0) is 39.2. The van der Waals surface area contributed by atoms with Gasteiger partial charge in [0.2, 0.25) is 5.95 Å². The molecule has 0 spiro atoms. The molecule has 0 fully saturated rings. The molecule has 0 bridgehead atoms. The van der Waals surface area contributed by atoms with E-state index in [1.807, 2.05) is 52.8 Å². The van der Waals surface area contributed by atoms with Crippen LogP contribution in [0.4, 0.5) is 32.3 Å². The van der Waals surface area contributed by atoms with Crippen molar-refractivity contribution in [2.75, 3.05) is 12.8 Å². The van der Waals surface area contributed by atoms with Crippen molar-refractivity contribution in [3.05, 3.63) is 93.2 Å². The van der Waals surface area contributed by atoms with E-state index in [0.29, 0.717) is 50.7 Å². The van der Waals surface area contributed by atoms with E-state index in [1.54, 1.807) is 17.5 Å². The molecule has 0 radical (unpaired) electrons. The van der Waals surface area contributed by atoms with Crippen LogP contribution in [0.3, 0.4) is 0 Å². The van der Waals surface area contributed by atoms with Crippen molar-refractivity contribution in [2.45, 2.75) is 78.8 Å². The molecule has 4 aromatic heterocycles. The number of nitrogen functional groups attached to an aromatic ring is 1. The normalized spacial score (nSPS) is 13.7. The van der Waals surface area contributed by atoms with Crippen LogP contribution in [0, 0.1) is 28.9 Å². The molecule has 5 aromatic rings. The topological polar surface area (TPSA) is 116 Å². The highest BCUT2D eigenvalue weighted by atomic mass is 35.5. The summed E-state index contributed by atoms with van der Waals surface area (Å²) < 4.78 is 81.8. The van der Waals surface area contributed by atoms with Crippen LogP contribution in [0.2, 0.25) is 5.15 Å². The van der Waals surface area contributed by atoms with E-state index >= 15 is 0 Å². The standard InChI is InChI=1S/C26H25ClF2N6.C9H8F4N2O.C2H6/c1-26(2,3)10-9-18-5-6-19(20-7-8-22(27)35-24(20)33-34-25(35)30)23(32-18)21(31-4)13-15-11-16(28)14-17(29)12-15;10-8(11)6-5-1-2-9(12,13)7(5)15(14-6)3-4-16;1-2/h5-8,11-12,14,21,31H,13H2,1-4H3,(H2,30,34);4,8H,1-3H2;1-2H3/t21-;;/m0../s1. The molecule has 1 aromatic carbocycles. The number of hydrogen-bond donors (Lipinski definition) is 2. The minimum Gasteiger partial charge on any atom is -0.368 e. The van der Waals surface area contributed by atoms with Crippen molar-refractivity contribution < 1.29 is 31.1 Å². The zero-order valence-electron chi connectivity index (χ0n) is 29.9. The molecule has 53 heavy (non-hydrogen) atoms. The minimum absolute atomic E-state index is 0.109. The Balaban J connectivity index is 0.000000290. The number of nitrogens with zero attached hydrogens (tertiary/aromatic N) is 6. The minimum atomic E-state index is -3.17. The van der Waals surface area contributed by atoms with Gasteiger partial charge in [-0.2, -0.15) is 13.9 Å². The van der Waals surface area contributed by atoms with Crippen LogP contribution < -0.4 is 11.1 Å². The number of alkyl halides is 4. The monoisotopic (exact) mass is 760 g/mol. The quantitative estimate of drug-likeness (QED) is 0.0708. The fourth-order valence-corrected chi connectivity index (χ4v) is 5.96. The Hall–Kier alpha value is -4.94. The largest absolute Gasteiger partial charge is 0.368 e. The van der Waals surface area contributed by atoms with Crippen LogP contribution in [0.15, 0.2) is 42.5 Å². The molecule has 1 atom stereocenters. The Morgan fingerprint density at radius 1 is 1.04 bits per heavy atom. The number of halogens is 7. The van der Waals surface area contributed by atoms with Crippen LogP contribution in [-0.4, -0.2) is 42.7 Å². The van der Waals surface area contributed by atoms with E-state index < -0.39 is 54.4 Å². The summed E-state index contributed by atoms with van der Waals surface area (Å²) >= 11 is 6.32. The van der Waals surface area contributed by atoms with Gasteiger partial charge >= 0.3 is 0 Å². The third kappa shape index (κ3) is 9.36. The highest BCUT2D eigenvalue weighted by Gasteiger charge is 2.46. The molecule has 6 rings (SSSR count). The summed E-state index contributed by atoms with van der Waals surface area (Å²) in [6, 6.07) is 10.4. The van der Waals surface area contributed by atoms with Gasteiger partial charge in [-0.05, 0) is 88.5 Å².